The first-order valence-electron chi connectivity index (χ1n) is 8.58. The van der Waals surface area contributed by atoms with Crippen molar-refractivity contribution in [1.29, 1.82) is 0 Å². The second kappa shape index (κ2) is 12.9. The molecule has 1 unspecified atom stereocenters. The van der Waals surface area contributed by atoms with Crippen LogP contribution >= 0.6 is 24.0 Å². The molecule has 0 saturated heterocycles. The molecular weight excluding hydrogens is 445 g/mol. The molecule has 2 N–H and O–H groups in total. The minimum Gasteiger partial charge on any atom is -0.459 e. The third-order valence-corrected chi connectivity index (χ3v) is 3.18. The summed E-state index contributed by atoms with van der Waals surface area (Å²) in [4.78, 5) is 15.8. The number of hydrogen-bond acceptors (Lipinski definition) is 4. The van der Waals surface area contributed by atoms with Crippen LogP contribution in [0.5, 0.6) is 0 Å². The highest BCUT2D eigenvalue weighted by Gasteiger charge is 2.16. The van der Waals surface area contributed by atoms with Crippen LogP contribution in [0.1, 0.15) is 33.3 Å². The molecule has 0 radical (unpaired) electrons. The van der Waals surface area contributed by atoms with Gasteiger partial charge in [-0.1, -0.05) is 37.3 Å². The van der Waals surface area contributed by atoms with E-state index in [0.29, 0.717) is 31.6 Å². The number of hydrogen-bond donors (Lipinski definition) is 2. The molecule has 0 saturated carbocycles. The Morgan fingerprint density at radius 1 is 1.19 bits per heavy atom. The maximum atomic E-state index is 11.7. The summed E-state index contributed by atoms with van der Waals surface area (Å²) in [5.74, 6) is 0.569. The number of nitrogens with zero attached hydrogens (tertiary/aromatic N) is 1. The van der Waals surface area contributed by atoms with E-state index in [-0.39, 0.29) is 36.5 Å². The summed E-state index contributed by atoms with van der Waals surface area (Å²) in [5.41, 5.74) is 0.679. The summed E-state index contributed by atoms with van der Waals surface area (Å²) < 4.78 is 11.0. The van der Waals surface area contributed by atoms with Crippen molar-refractivity contribution in [3.05, 3.63) is 35.9 Å². The van der Waals surface area contributed by atoms with Crippen LogP contribution < -0.4 is 10.6 Å². The molecule has 0 spiro atoms. The molecule has 0 bridgehead atoms. The summed E-state index contributed by atoms with van der Waals surface area (Å²) in [6.45, 7) is 9.65. The molecule has 1 aromatic rings. The molecular formula is C19H32IN3O3. The molecule has 0 amide bonds. The van der Waals surface area contributed by atoms with Crippen LogP contribution in [0.2, 0.25) is 0 Å². The molecule has 1 rings (SSSR count). The highest BCUT2D eigenvalue weighted by atomic mass is 127. The van der Waals surface area contributed by atoms with E-state index >= 15 is 0 Å². The Morgan fingerprint density at radius 2 is 1.85 bits per heavy atom. The van der Waals surface area contributed by atoms with Gasteiger partial charge in [0.05, 0.1) is 13.2 Å². The lowest BCUT2D eigenvalue weighted by molar-refractivity contribution is -0.153. The highest BCUT2D eigenvalue weighted by molar-refractivity contribution is 14.0. The van der Waals surface area contributed by atoms with Gasteiger partial charge in [-0.05, 0) is 32.3 Å². The SMILES string of the molecule is CN=C(NCC(=O)OC(C)(C)C)NCC(C)COCc1ccccc1.I. The van der Waals surface area contributed by atoms with Gasteiger partial charge in [-0.15, -0.1) is 24.0 Å². The quantitative estimate of drug-likeness (QED) is 0.261. The average molecular weight is 477 g/mol. The fourth-order valence-electron chi connectivity index (χ4n) is 2.04. The Bertz CT molecular complexity index is 545. The van der Waals surface area contributed by atoms with E-state index in [1.807, 2.05) is 51.1 Å². The van der Waals surface area contributed by atoms with Crippen LogP contribution in [0.25, 0.3) is 0 Å². The molecule has 1 aromatic carbocycles. The van der Waals surface area contributed by atoms with Gasteiger partial charge >= 0.3 is 5.97 Å². The first-order chi connectivity index (χ1) is 11.8. The van der Waals surface area contributed by atoms with E-state index in [0.717, 1.165) is 5.56 Å². The number of benzene rings is 1. The summed E-state index contributed by atoms with van der Waals surface area (Å²) in [5, 5.41) is 6.14. The van der Waals surface area contributed by atoms with Gasteiger partial charge in [-0.25, -0.2) is 0 Å². The third kappa shape index (κ3) is 12.1. The van der Waals surface area contributed by atoms with Gasteiger partial charge in [-0.2, -0.15) is 0 Å². The number of guanidine groups is 1. The number of halogens is 1. The number of rotatable bonds is 8. The molecule has 0 heterocycles. The number of esters is 1. The molecule has 0 aromatic heterocycles. The van der Waals surface area contributed by atoms with E-state index in [1.165, 1.54) is 0 Å². The van der Waals surface area contributed by atoms with Crippen molar-refractivity contribution >= 4 is 35.9 Å². The van der Waals surface area contributed by atoms with Gasteiger partial charge in [0.15, 0.2) is 5.96 Å². The summed E-state index contributed by atoms with van der Waals surface area (Å²) in [7, 11) is 1.67. The molecule has 26 heavy (non-hydrogen) atoms. The molecule has 0 aliphatic rings. The van der Waals surface area contributed by atoms with Crippen molar-refractivity contribution in [2.75, 3.05) is 26.7 Å². The largest absolute Gasteiger partial charge is 0.459 e. The second-order valence-corrected chi connectivity index (χ2v) is 7.00. The third-order valence-electron chi connectivity index (χ3n) is 3.18. The fourth-order valence-corrected chi connectivity index (χ4v) is 2.04. The van der Waals surface area contributed by atoms with Crippen molar-refractivity contribution in [2.24, 2.45) is 10.9 Å². The summed E-state index contributed by atoms with van der Waals surface area (Å²) in [6, 6.07) is 10.1. The number of ether oxygens (including phenoxy) is 2. The smallest absolute Gasteiger partial charge is 0.325 e. The van der Waals surface area contributed by atoms with Crippen LogP contribution in [-0.4, -0.2) is 44.3 Å². The average Bonchev–Trinajstić information content (AvgIpc) is 2.54. The zero-order valence-corrected chi connectivity index (χ0v) is 18.7. The predicted molar refractivity (Wildman–Crippen MR) is 116 cm³/mol. The predicted octanol–water partition coefficient (Wildman–Crippen LogP) is 2.96. The Balaban J connectivity index is 0.00000625. The van der Waals surface area contributed by atoms with E-state index in [9.17, 15) is 4.79 Å². The minimum absolute atomic E-state index is 0. The molecule has 0 fully saturated rings. The summed E-state index contributed by atoms with van der Waals surface area (Å²) >= 11 is 0. The Labute approximate surface area is 174 Å². The van der Waals surface area contributed by atoms with Crippen molar-refractivity contribution < 1.29 is 14.3 Å². The lowest BCUT2D eigenvalue weighted by atomic mass is 10.2. The van der Waals surface area contributed by atoms with E-state index < -0.39 is 5.60 Å². The van der Waals surface area contributed by atoms with Gasteiger partial charge < -0.3 is 20.1 Å². The molecule has 0 aliphatic heterocycles. The monoisotopic (exact) mass is 477 g/mol. The van der Waals surface area contributed by atoms with Gasteiger partial charge in [0.1, 0.15) is 12.1 Å². The Kier molecular flexibility index (Phi) is 12.2. The Hall–Kier alpha value is -1.35. The van der Waals surface area contributed by atoms with E-state index in [1.54, 1.807) is 7.05 Å². The molecule has 0 aliphatic carbocycles. The van der Waals surface area contributed by atoms with E-state index in [4.69, 9.17) is 9.47 Å². The lowest BCUT2D eigenvalue weighted by Gasteiger charge is -2.20. The maximum Gasteiger partial charge on any atom is 0.325 e. The van der Waals surface area contributed by atoms with Gasteiger partial charge in [0.25, 0.3) is 0 Å². The number of aliphatic imine (C=N–C) groups is 1. The van der Waals surface area contributed by atoms with Gasteiger partial charge in [-0.3, -0.25) is 9.79 Å². The van der Waals surface area contributed by atoms with Crippen LogP contribution in [0.4, 0.5) is 0 Å². The molecule has 1 atom stereocenters. The first-order valence-corrected chi connectivity index (χ1v) is 8.58. The van der Waals surface area contributed by atoms with Gasteiger partial charge in [0.2, 0.25) is 0 Å². The number of nitrogens with one attached hydrogen (secondary N) is 2. The second-order valence-electron chi connectivity index (χ2n) is 7.00. The Morgan fingerprint density at radius 3 is 2.42 bits per heavy atom. The van der Waals surface area contributed by atoms with Crippen molar-refractivity contribution in [3.63, 3.8) is 0 Å². The van der Waals surface area contributed by atoms with Crippen LogP contribution in [0.3, 0.4) is 0 Å². The van der Waals surface area contributed by atoms with Crippen LogP contribution in [-0.2, 0) is 20.9 Å². The normalized spacial score (nSPS) is 12.7. The summed E-state index contributed by atoms with van der Waals surface area (Å²) in [6.07, 6.45) is 0. The number of carbonyl (C=O) groups excluding carboxylic acids is 1. The standard InChI is InChI=1S/C19H31N3O3.HI/c1-15(13-24-14-16-9-7-6-8-10-16)11-21-18(20-5)22-12-17(23)25-19(2,3)4;/h6-10,15H,11-14H2,1-5H3,(H2,20,21,22);1H. The molecule has 6 nitrogen and oxygen atoms in total. The van der Waals surface area contributed by atoms with E-state index in [2.05, 4.69) is 22.5 Å². The van der Waals surface area contributed by atoms with Crippen molar-refractivity contribution in [2.45, 2.75) is 39.9 Å². The van der Waals surface area contributed by atoms with Crippen LogP contribution in [0.15, 0.2) is 35.3 Å². The van der Waals surface area contributed by atoms with Crippen LogP contribution in [0, 0.1) is 5.92 Å². The zero-order chi connectivity index (χ0) is 18.7. The minimum atomic E-state index is -0.486. The lowest BCUT2D eigenvalue weighted by Crippen LogP contribution is -2.43. The highest BCUT2D eigenvalue weighted by Crippen LogP contribution is 2.06. The van der Waals surface area contributed by atoms with Crippen molar-refractivity contribution in [3.8, 4) is 0 Å². The fraction of sp³-hybridized carbons (Fsp3) is 0.579. The zero-order valence-electron chi connectivity index (χ0n) is 16.4. The first kappa shape index (κ1) is 24.7. The molecule has 148 valence electrons. The van der Waals surface area contributed by atoms with Gasteiger partial charge in [0, 0.05) is 13.6 Å². The van der Waals surface area contributed by atoms with Crippen molar-refractivity contribution in [1.82, 2.24) is 10.6 Å². The topological polar surface area (TPSA) is 72.0 Å². The number of carbonyl (C=O) groups is 1. The molecule has 7 heteroatoms. The maximum absolute atomic E-state index is 11.7.